The van der Waals surface area contributed by atoms with Crippen LogP contribution in [0.1, 0.15) is 50.8 Å². The summed E-state index contributed by atoms with van der Waals surface area (Å²) in [7, 11) is 0. The van der Waals surface area contributed by atoms with Crippen LogP contribution in [0, 0.1) is 0 Å². The molecule has 3 aromatic rings. The van der Waals surface area contributed by atoms with Gasteiger partial charge < -0.3 is 19.7 Å². The summed E-state index contributed by atoms with van der Waals surface area (Å²) < 4.78 is 5.75. The first kappa shape index (κ1) is 21.7. The average molecular weight is 433 g/mol. The van der Waals surface area contributed by atoms with Crippen molar-refractivity contribution in [3.05, 3.63) is 71.4 Å². The largest absolute Gasteiger partial charge is 0.507 e. The van der Waals surface area contributed by atoms with Gasteiger partial charge in [0.05, 0.1) is 17.7 Å². The van der Waals surface area contributed by atoms with Crippen molar-refractivity contribution in [2.24, 2.45) is 0 Å². The normalized spacial score (nSPS) is 18.1. The number of nitrogens with zero attached hydrogens (tertiary/aromatic N) is 1. The maximum absolute atomic E-state index is 13.1. The zero-order valence-electron chi connectivity index (χ0n) is 18.6. The minimum Gasteiger partial charge on any atom is -0.507 e. The second-order valence-corrected chi connectivity index (χ2v) is 8.33. The SMILES string of the molecule is CCCCN1C(=O)C(=O)/C(=C(/O)c2cccc(OC(C)C)c2)C1c1c[nH]c2ccccc12. The number of amides is 1. The number of rotatable bonds is 7. The van der Waals surface area contributed by atoms with Crippen LogP contribution >= 0.6 is 0 Å². The molecular weight excluding hydrogens is 404 g/mol. The molecule has 0 saturated carbocycles. The maximum Gasteiger partial charge on any atom is 0.295 e. The lowest BCUT2D eigenvalue weighted by molar-refractivity contribution is -0.139. The Hall–Kier alpha value is -3.54. The second-order valence-electron chi connectivity index (χ2n) is 8.33. The molecule has 6 heteroatoms. The molecule has 6 nitrogen and oxygen atoms in total. The first-order valence-corrected chi connectivity index (χ1v) is 11.0. The number of likely N-dealkylation sites (tertiary alicyclic amines) is 1. The number of H-pyrrole nitrogens is 1. The Kier molecular flexibility index (Phi) is 6.04. The third kappa shape index (κ3) is 3.88. The molecule has 1 aliphatic rings. The van der Waals surface area contributed by atoms with Crippen molar-refractivity contribution in [3.8, 4) is 5.75 Å². The van der Waals surface area contributed by atoms with Crippen LogP contribution in [0.3, 0.4) is 0 Å². The van der Waals surface area contributed by atoms with Crippen LogP contribution in [0.15, 0.2) is 60.3 Å². The first-order chi connectivity index (χ1) is 15.4. The van der Waals surface area contributed by atoms with Crippen molar-refractivity contribution in [1.29, 1.82) is 0 Å². The van der Waals surface area contributed by atoms with E-state index < -0.39 is 17.7 Å². The van der Waals surface area contributed by atoms with Gasteiger partial charge in [-0.05, 0) is 38.5 Å². The Morgan fingerprint density at radius 3 is 2.69 bits per heavy atom. The molecule has 1 saturated heterocycles. The van der Waals surface area contributed by atoms with E-state index in [9.17, 15) is 14.7 Å². The van der Waals surface area contributed by atoms with Crippen LogP contribution in [0.2, 0.25) is 0 Å². The molecule has 1 atom stereocenters. The minimum absolute atomic E-state index is 0.0294. The summed E-state index contributed by atoms with van der Waals surface area (Å²) in [6, 6.07) is 14.1. The highest BCUT2D eigenvalue weighted by Gasteiger charge is 2.46. The molecule has 1 fully saturated rings. The van der Waals surface area contributed by atoms with Gasteiger partial charge in [-0.15, -0.1) is 0 Å². The van der Waals surface area contributed by atoms with E-state index in [1.165, 1.54) is 0 Å². The summed E-state index contributed by atoms with van der Waals surface area (Å²) in [6.45, 7) is 6.32. The lowest BCUT2D eigenvalue weighted by Gasteiger charge is -2.24. The number of Topliss-reactive ketones (excluding diaryl/α,β-unsaturated/α-hetero) is 1. The van der Waals surface area contributed by atoms with Gasteiger partial charge in [-0.25, -0.2) is 0 Å². The molecule has 2 N–H and O–H groups in total. The first-order valence-electron chi connectivity index (χ1n) is 11.0. The van der Waals surface area contributed by atoms with Gasteiger partial charge in [0.2, 0.25) is 0 Å². The molecule has 0 radical (unpaired) electrons. The maximum atomic E-state index is 13.1. The third-order valence-electron chi connectivity index (χ3n) is 5.69. The van der Waals surface area contributed by atoms with Crippen molar-refractivity contribution in [3.63, 3.8) is 0 Å². The lowest BCUT2D eigenvalue weighted by atomic mass is 9.95. The van der Waals surface area contributed by atoms with Crippen LogP contribution in [0.5, 0.6) is 5.75 Å². The monoisotopic (exact) mass is 432 g/mol. The van der Waals surface area contributed by atoms with Gasteiger partial charge in [0, 0.05) is 34.8 Å². The molecule has 1 aromatic heterocycles. The number of aliphatic hydroxyl groups is 1. The summed E-state index contributed by atoms with van der Waals surface area (Å²) in [5, 5.41) is 12.2. The third-order valence-corrected chi connectivity index (χ3v) is 5.69. The van der Waals surface area contributed by atoms with Crippen LogP contribution in [0.4, 0.5) is 0 Å². The number of hydrogen-bond acceptors (Lipinski definition) is 4. The summed E-state index contributed by atoms with van der Waals surface area (Å²) in [6.07, 6.45) is 3.45. The number of aromatic amines is 1. The fourth-order valence-corrected chi connectivity index (χ4v) is 4.23. The molecular formula is C26H28N2O4. The Morgan fingerprint density at radius 1 is 1.16 bits per heavy atom. The fraction of sp³-hybridized carbons (Fsp3) is 0.308. The summed E-state index contributed by atoms with van der Waals surface area (Å²) in [5.74, 6) is -0.839. The number of carbonyl (C=O) groups excluding carboxylic acids is 2. The molecule has 1 amide bonds. The molecule has 0 aliphatic carbocycles. The molecule has 32 heavy (non-hydrogen) atoms. The van der Waals surface area contributed by atoms with Crippen LogP contribution in [-0.2, 0) is 9.59 Å². The number of ether oxygens (including phenoxy) is 1. The van der Waals surface area contributed by atoms with Crippen molar-refractivity contribution in [1.82, 2.24) is 9.88 Å². The van der Waals surface area contributed by atoms with E-state index in [-0.39, 0.29) is 17.4 Å². The zero-order chi connectivity index (χ0) is 22.8. The van der Waals surface area contributed by atoms with Gasteiger partial charge in [-0.3, -0.25) is 9.59 Å². The van der Waals surface area contributed by atoms with E-state index in [0.717, 1.165) is 29.3 Å². The van der Waals surface area contributed by atoms with Gasteiger partial charge in [0.15, 0.2) is 0 Å². The number of carbonyl (C=O) groups is 2. The highest BCUT2D eigenvalue weighted by molar-refractivity contribution is 6.46. The van der Waals surface area contributed by atoms with E-state index in [2.05, 4.69) is 4.98 Å². The van der Waals surface area contributed by atoms with Crippen LogP contribution in [0.25, 0.3) is 16.7 Å². The fourth-order valence-electron chi connectivity index (χ4n) is 4.23. The Bertz CT molecular complexity index is 1190. The number of aliphatic hydroxyl groups excluding tert-OH is 1. The molecule has 1 aliphatic heterocycles. The summed E-state index contributed by atoms with van der Waals surface area (Å²) in [5.41, 5.74) is 2.27. The Morgan fingerprint density at radius 2 is 1.94 bits per heavy atom. The van der Waals surface area contributed by atoms with E-state index in [0.29, 0.717) is 17.9 Å². The number of fused-ring (bicyclic) bond motifs is 1. The van der Waals surface area contributed by atoms with E-state index in [1.54, 1.807) is 29.2 Å². The lowest BCUT2D eigenvalue weighted by Crippen LogP contribution is -2.30. The molecule has 1 unspecified atom stereocenters. The highest BCUT2D eigenvalue weighted by Crippen LogP contribution is 2.42. The average Bonchev–Trinajstić information content (AvgIpc) is 3.30. The van der Waals surface area contributed by atoms with Gasteiger partial charge in [-0.1, -0.05) is 43.7 Å². The Labute approximate surface area is 187 Å². The number of unbranched alkanes of at least 4 members (excludes halogenated alkanes) is 1. The van der Waals surface area contributed by atoms with E-state index in [1.807, 2.05) is 51.2 Å². The molecule has 0 bridgehead atoms. The number of benzene rings is 2. The van der Waals surface area contributed by atoms with E-state index in [4.69, 9.17) is 4.74 Å². The van der Waals surface area contributed by atoms with Gasteiger partial charge in [-0.2, -0.15) is 0 Å². The standard InChI is InChI=1S/C26H28N2O4/c1-4-5-13-28-23(20-15-27-21-12-7-6-11-19(20)21)22(25(30)26(28)31)24(29)17-9-8-10-18(14-17)32-16(2)3/h6-12,14-16,23,27,29H,4-5,13H2,1-3H3/b24-22+. The Balaban J connectivity index is 1.88. The smallest absolute Gasteiger partial charge is 0.295 e. The number of nitrogens with one attached hydrogen (secondary N) is 1. The number of para-hydroxylation sites is 1. The number of aromatic nitrogens is 1. The number of ketones is 1. The predicted molar refractivity (Wildman–Crippen MR) is 124 cm³/mol. The molecule has 2 heterocycles. The van der Waals surface area contributed by atoms with E-state index >= 15 is 0 Å². The minimum atomic E-state index is -0.663. The summed E-state index contributed by atoms with van der Waals surface area (Å²) >= 11 is 0. The van der Waals surface area contributed by atoms with Crippen molar-refractivity contribution in [2.75, 3.05) is 6.54 Å². The molecule has 2 aromatic carbocycles. The topological polar surface area (TPSA) is 82.6 Å². The summed E-state index contributed by atoms with van der Waals surface area (Å²) in [4.78, 5) is 31.0. The van der Waals surface area contributed by atoms with Crippen molar-refractivity contribution in [2.45, 2.75) is 45.8 Å². The quantitative estimate of drug-likeness (QED) is 0.306. The molecule has 166 valence electrons. The van der Waals surface area contributed by atoms with Crippen molar-refractivity contribution < 1.29 is 19.4 Å². The van der Waals surface area contributed by atoms with Gasteiger partial charge in [0.1, 0.15) is 11.5 Å². The van der Waals surface area contributed by atoms with Gasteiger partial charge in [0.25, 0.3) is 11.7 Å². The molecule has 4 rings (SSSR count). The molecule has 0 spiro atoms. The highest BCUT2D eigenvalue weighted by atomic mass is 16.5. The zero-order valence-corrected chi connectivity index (χ0v) is 18.6. The van der Waals surface area contributed by atoms with Crippen molar-refractivity contribution >= 4 is 28.4 Å². The number of hydrogen-bond donors (Lipinski definition) is 2. The van der Waals surface area contributed by atoms with Crippen LogP contribution < -0.4 is 4.74 Å². The second kappa shape index (κ2) is 8.91. The van der Waals surface area contributed by atoms with Crippen LogP contribution in [-0.4, -0.2) is 39.3 Å². The van der Waals surface area contributed by atoms with Gasteiger partial charge >= 0.3 is 0 Å². The predicted octanol–water partition coefficient (Wildman–Crippen LogP) is 5.18.